The Labute approximate surface area is 79.8 Å². The van der Waals surface area contributed by atoms with E-state index in [0.717, 1.165) is 6.07 Å². The van der Waals surface area contributed by atoms with Gasteiger partial charge in [0.25, 0.3) is 5.69 Å². The van der Waals surface area contributed by atoms with Crippen LogP contribution in [0.5, 0.6) is 5.75 Å². The molecule has 0 heterocycles. The van der Waals surface area contributed by atoms with Crippen molar-refractivity contribution in [3.63, 3.8) is 0 Å². The first-order valence-corrected chi connectivity index (χ1v) is 3.72. The Bertz CT molecular complexity index is 417. The highest BCUT2D eigenvalue weighted by atomic mass is 16.6. The van der Waals surface area contributed by atoms with Gasteiger partial charge in [-0.1, -0.05) is 11.8 Å². The zero-order valence-corrected chi connectivity index (χ0v) is 7.10. The van der Waals surface area contributed by atoms with Crippen LogP contribution in [0.1, 0.15) is 5.56 Å². The molecule has 2 N–H and O–H groups in total. The van der Waals surface area contributed by atoms with Crippen molar-refractivity contribution in [1.29, 1.82) is 0 Å². The summed E-state index contributed by atoms with van der Waals surface area (Å²) >= 11 is 0. The molecule has 0 aromatic heterocycles. The molecule has 0 radical (unpaired) electrons. The SMILES string of the molecule is O=[N+]([O-])c1cc(O)ccc1C#CCO. The summed E-state index contributed by atoms with van der Waals surface area (Å²) < 4.78 is 0. The zero-order valence-electron chi connectivity index (χ0n) is 7.10. The minimum atomic E-state index is -0.638. The molecule has 0 aliphatic heterocycles. The van der Waals surface area contributed by atoms with E-state index < -0.39 is 4.92 Å². The van der Waals surface area contributed by atoms with Crippen molar-refractivity contribution in [1.82, 2.24) is 0 Å². The van der Waals surface area contributed by atoms with Crippen LogP contribution in [0.3, 0.4) is 0 Å². The van der Waals surface area contributed by atoms with E-state index in [1.807, 2.05) is 0 Å². The first kappa shape index (κ1) is 10.0. The Hall–Kier alpha value is -2.06. The van der Waals surface area contributed by atoms with Crippen LogP contribution in [-0.2, 0) is 0 Å². The monoisotopic (exact) mass is 193 g/mol. The fourth-order valence-electron chi connectivity index (χ4n) is 0.912. The van der Waals surface area contributed by atoms with Crippen LogP contribution in [0.25, 0.3) is 0 Å². The zero-order chi connectivity index (χ0) is 10.6. The van der Waals surface area contributed by atoms with Crippen LogP contribution in [0.2, 0.25) is 0 Å². The molecule has 0 unspecified atom stereocenters. The standard InChI is InChI=1S/C9H7NO4/c11-5-1-2-7-3-4-8(12)6-9(7)10(13)14/h3-4,6,11-12H,5H2. The lowest BCUT2D eigenvalue weighted by molar-refractivity contribution is -0.385. The average molecular weight is 193 g/mol. The summed E-state index contributed by atoms with van der Waals surface area (Å²) in [6.07, 6.45) is 0. The van der Waals surface area contributed by atoms with Crippen LogP contribution in [0, 0.1) is 22.0 Å². The highest BCUT2D eigenvalue weighted by Crippen LogP contribution is 2.22. The summed E-state index contributed by atoms with van der Waals surface area (Å²) in [7, 11) is 0. The Morgan fingerprint density at radius 1 is 1.50 bits per heavy atom. The fourth-order valence-corrected chi connectivity index (χ4v) is 0.912. The third-order valence-electron chi connectivity index (χ3n) is 1.48. The Kier molecular flexibility index (Phi) is 3.05. The van der Waals surface area contributed by atoms with Crippen LogP contribution in [0.4, 0.5) is 5.69 Å². The van der Waals surface area contributed by atoms with Gasteiger partial charge in [-0.15, -0.1) is 0 Å². The van der Waals surface area contributed by atoms with E-state index in [1.54, 1.807) is 0 Å². The molecular formula is C9H7NO4. The Balaban J connectivity index is 3.22. The number of nitro benzene ring substituents is 1. The normalized spacial score (nSPS) is 8.93. The molecule has 0 amide bonds. The van der Waals surface area contributed by atoms with Crippen molar-refractivity contribution in [3.05, 3.63) is 33.9 Å². The van der Waals surface area contributed by atoms with E-state index >= 15 is 0 Å². The highest BCUT2D eigenvalue weighted by molar-refractivity contribution is 5.54. The minimum absolute atomic E-state index is 0.168. The van der Waals surface area contributed by atoms with Gasteiger partial charge in [0, 0.05) is 0 Å². The van der Waals surface area contributed by atoms with Gasteiger partial charge >= 0.3 is 0 Å². The summed E-state index contributed by atoms with van der Waals surface area (Å²) in [6, 6.07) is 3.64. The number of aromatic hydroxyl groups is 1. The maximum Gasteiger partial charge on any atom is 0.288 e. The van der Waals surface area contributed by atoms with Gasteiger partial charge in [-0.05, 0) is 12.1 Å². The molecule has 0 bridgehead atoms. The van der Waals surface area contributed by atoms with Crippen molar-refractivity contribution in [3.8, 4) is 17.6 Å². The highest BCUT2D eigenvalue weighted by Gasteiger charge is 2.12. The number of aliphatic hydroxyl groups excluding tert-OH is 1. The number of rotatable bonds is 1. The second-order valence-corrected chi connectivity index (χ2v) is 2.42. The molecule has 0 saturated heterocycles. The largest absolute Gasteiger partial charge is 0.508 e. The second-order valence-electron chi connectivity index (χ2n) is 2.42. The molecule has 1 rings (SSSR count). The summed E-state index contributed by atoms with van der Waals surface area (Å²) in [6.45, 7) is -0.363. The van der Waals surface area contributed by atoms with E-state index in [-0.39, 0.29) is 23.6 Å². The Morgan fingerprint density at radius 2 is 2.21 bits per heavy atom. The van der Waals surface area contributed by atoms with Gasteiger partial charge in [-0.25, -0.2) is 0 Å². The number of hydrogen-bond donors (Lipinski definition) is 2. The van der Waals surface area contributed by atoms with E-state index in [0.29, 0.717) is 0 Å². The fraction of sp³-hybridized carbons (Fsp3) is 0.111. The van der Waals surface area contributed by atoms with Gasteiger partial charge < -0.3 is 10.2 Å². The van der Waals surface area contributed by atoms with Crippen LogP contribution >= 0.6 is 0 Å². The van der Waals surface area contributed by atoms with E-state index in [9.17, 15) is 10.1 Å². The molecule has 0 saturated carbocycles. The maximum absolute atomic E-state index is 10.5. The van der Waals surface area contributed by atoms with Crippen molar-refractivity contribution in [2.75, 3.05) is 6.61 Å². The molecule has 5 heteroatoms. The van der Waals surface area contributed by atoms with Crippen molar-refractivity contribution in [2.45, 2.75) is 0 Å². The lowest BCUT2D eigenvalue weighted by Crippen LogP contribution is -1.91. The predicted octanol–water partition coefficient (Wildman–Crippen LogP) is 0.644. The molecule has 1 aromatic rings. The van der Waals surface area contributed by atoms with E-state index in [1.165, 1.54) is 12.1 Å². The molecule has 0 fully saturated rings. The first-order chi connectivity index (χ1) is 6.65. The molecular weight excluding hydrogens is 186 g/mol. The number of benzene rings is 1. The van der Waals surface area contributed by atoms with Crippen molar-refractivity contribution < 1.29 is 15.1 Å². The molecule has 72 valence electrons. The number of nitro groups is 1. The summed E-state index contributed by atoms with van der Waals surface area (Å²) in [5.74, 6) is 4.53. The molecule has 0 atom stereocenters. The first-order valence-electron chi connectivity index (χ1n) is 3.72. The maximum atomic E-state index is 10.5. The third-order valence-corrected chi connectivity index (χ3v) is 1.48. The van der Waals surface area contributed by atoms with Crippen LogP contribution in [0.15, 0.2) is 18.2 Å². The van der Waals surface area contributed by atoms with Crippen LogP contribution < -0.4 is 0 Å². The summed E-state index contributed by atoms with van der Waals surface area (Å²) in [5.41, 5.74) is -0.104. The Morgan fingerprint density at radius 3 is 2.79 bits per heavy atom. The molecule has 1 aromatic carbocycles. The molecule has 14 heavy (non-hydrogen) atoms. The van der Waals surface area contributed by atoms with Gasteiger partial charge in [-0.2, -0.15) is 0 Å². The topological polar surface area (TPSA) is 83.6 Å². The molecule has 0 aliphatic carbocycles. The number of aliphatic hydroxyl groups is 1. The van der Waals surface area contributed by atoms with E-state index in [2.05, 4.69) is 11.8 Å². The minimum Gasteiger partial charge on any atom is -0.508 e. The predicted molar refractivity (Wildman–Crippen MR) is 48.7 cm³/mol. The summed E-state index contributed by atoms with van der Waals surface area (Å²) in [4.78, 5) is 9.86. The lowest BCUT2D eigenvalue weighted by atomic mass is 10.2. The number of nitrogens with zero attached hydrogens (tertiary/aromatic N) is 1. The third kappa shape index (κ3) is 2.21. The number of phenolic OH excluding ortho intramolecular Hbond substituents is 1. The smallest absolute Gasteiger partial charge is 0.288 e. The molecule has 0 aliphatic rings. The second kappa shape index (κ2) is 4.25. The van der Waals surface area contributed by atoms with E-state index in [4.69, 9.17) is 10.2 Å². The van der Waals surface area contributed by atoms with Crippen molar-refractivity contribution in [2.24, 2.45) is 0 Å². The van der Waals surface area contributed by atoms with Gasteiger partial charge in [0.1, 0.15) is 17.9 Å². The number of hydrogen-bond acceptors (Lipinski definition) is 4. The molecule has 5 nitrogen and oxygen atoms in total. The average Bonchev–Trinajstić information content (AvgIpc) is 2.15. The summed E-state index contributed by atoms with van der Waals surface area (Å²) in [5, 5.41) is 27.9. The van der Waals surface area contributed by atoms with Gasteiger partial charge in [0.15, 0.2) is 0 Å². The van der Waals surface area contributed by atoms with Crippen molar-refractivity contribution >= 4 is 5.69 Å². The molecule has 0 spiro atoms. The quantitative estimate of drug-likeness (QED) is 0.389. The van der Waals surface area contributed by atoms with Crippen LogP contribution in [-0.4, -0.2) is 21.7 Å². The number of phenols is 1. The lowest BCUT2D eigenvalue weighted by Gasteiger charge is -1.95. The van der Waals surface area contributed by atoms with Gasteiger partial charge in [0.05, 0.1) is 11.0 Å². The van der Waals surface area contributed by atoms with Gasteiger partial charge in [0.2, 0.25) is 0 Å². The van der Waals surface area contributed by atoms with Gasteiger partial charge in [-0.3, -0.25) is 10.1 Å².